The normalized spacial score (nSPS) is 19.2. The van der Waals surface area contributed by atoms with E-state index in [4.69, 9.17) is 4.74 Å². The molecule has 5 rings (SSSR count). The van der Waals surface area contributed by atoms with Crippen molar-refractivity contribution in [2.75, 3.05) is 30.0 Å². The molecule has 0 saturated carbocycles. The van der Waals surface area contributed by atoms with E-state index in [0.29, 0.717) is 35.7 Å². The van der Waals surface area contributed by atoms with Gasteiger partial charge in [-0.05, 0) is 60.9 Å². The molecule has 0 aliphatic carbocycles. The third-order valence-electron chi connectivity index (χ3n) is 6.40. The van der Waals surface area contributed by atoms with Gasteiger partial charge < -0.3 is 14.7 Å². The van der Waals surface area contributed by atoms with Crippen molar-refractivity contribution in [3.8, 4) is 5.75 Å². The molecule has 3 heterocycles. The number of ether oxygens (including phenoxy) is 1. The molecule has 7 heteroatoms. The lowest BCUT2D eigenvalue weighted by Gasteiger charge is -2.28. The Hall–Kier alpha value is -4.13. The Morgan fingerprint density at radius 1 is 1.09 bits per heavy atom. The minimum absolute atomic E-state index is 0.0400. The number of benzene rings is 2. The number of likely N-dealkylation sites (N-methyl/N-ethyl adjacent to an activating group) is 1. The lowest BCUT2D eigenvalue weighted by molar-refractivity contribution is -0.132. The maximum Gasteiger partial charge on any atom is 0.300 e. The molecule has 0 radical (unpaired) electrons. The van der Waals surface area contributed by atoms with E-state index in [0.717, 1.165) is 16.8 Å². The highest BCUT2D eigenvalue weighted by molar-refractivity contribution is 6.51. The van der Waals surface area contributed by atoms with Crippen molar-refractivity contribution in [1.29, 1.82) is 0 Å². The second-order valence-corrected chi connectivity index (χ2v) is 8.70. The molecule has 2 aliphatic heterocycles. The quantitative estimate of drug-likeness (QED) is 0.363. The van der Waals surface area contributed by atoms with Crippen molar-refractivity contribution >= 4 is 28.8 Å². The number of hydrogen-bond donors (Lipinski definition) is 1. The van der Waals surface area contributed by atoms with Crippen molar-refractivity contribution < 1.29 is 19.4 Å². The van der Waals surface area contributed by atoms with Gasteiger partial charge in [-0.25, -0.2) is 0 Å². The summed E-state index contributed by atoms with van der Waals surface area (Å²) in [6.07, 6.45) is 3.25. The standard InChI is InChI=1S/C27H25N3O4/c1-16-6-7-17(2)20(13-16)30-24(19-5-4-10-28-15-19)23(26(32)27(30)33)25(31)18-8-9-22-21(14-18)29(3)11-12-34-22/h4-10,13-15,24,31H,11-12H2,1-3H3/b25-23-. The molecule has 1 N–H and O–H groups in total. The summed E-state index contributed by atoms with van der Waals surface area (Å²) in [7, 11) is 1.94. The Labute approximate surface area is 197 Å². The molecule has 2 aliphatic rings. The number of Topliss-reactive ketones (excluding diaryl/α,β-unsaturated/α-hetero) is 1. The zero-order valence-electron chi connectivity index (χ0n) is 19.3. The average Bonchev–Trinajstić information content (AvgIpc) is 3.11. The van der Waals surface area contributed by atoms with E-state index < -0.39 is 17.7 Å². The van der Waals surface area contributed by atoms with Gasteiger partial charge in [0.15, 0.2) is 0 Å². The van der Waals surface area contributed by atoms with Crippen molar-refractivity contribution in [1.82, 2.24) is 4.98 Å². The van der Waals surface area contributed by atoms with Crippen molar-refractivity contribution in [3.63, 3.8) is 0 Å². The summed E-state index contributed by atoms with van der Waals surface area (Å²) in [5.74, 6) is -0.913. The SMILES string of the molecule is Cc1ccc(C)c(N2C(=O)C(=O)/C(=C(\O)c3ccc4c(c3)N(C)CCO4)C2c2cccnc2)c1. The predicted octanol–water partition coefficient (Wildman–Crippen LogP) is 4.15. The number of rotatable bonds is 3. The van der Waals surface area contributed by atoms with Gasteiger partial charge in [-0.3, -0.25) is 19.5 Å². The van der Waals surface area contributed by atoms with Crippen LogP contribution in [0.25, 0.3) is 5.76 Å². The van der Waals surface area contributed by atoms with Crippen LogP contribution >= 0.6 is 0 Å². The summed E-state index contributed by atoms with van der Waals surface area (Å²) >= 11 is 0. The molecular formula is C27H25N3O4. The number of carbonyl (C=O) groups is 2. The molecular weight excluding hydrogens is 430 g/mol. The molecule has 3 aromatic rings. The third-order valence-corrected chi connectivity index (χ3v) is 6.40. The fourth-order valence-corrected chi connectivity index (χ4v) is 4.57. The predicted molar refractivity (Wildman–Crippen MR) is 130 cm³/mol. The Morgan fingerprint density at radius 2 is 1.91 bits per heavy atom. The molecule has 1 aromatic heterocycles. The number of anilines is 2. The number of fused-ring (bicyclic) bond motifs is 1. The highest BCUT2D eigenvalue weighted by atomic mass is 16.5. The van der Waals surface area contributed by atoms with Crippen LogP contribution in [0.15, 0.2) is 66.5 Å². The molecule has 34 heavy (non-hydrogen) atoms. The van der Waals surface area contributed by atoms with Gasteiger partial charge in [-0.15, -0.1) is 0 Å². The van der Waals surface area contributed by atoms with E-state index in [9.17, 15) is 14.7 Å². The maximum atomic E-state index is 13.4. The fourth-order valence-electron chi connectivity index (χ4n) is 4.57. The highest BCUT2D eigenvalue weighted by Gasteiger charge is 2.47. The molecule has 1 atom stereocenters. The molecule has 172 valence electrons. The lowest BCUT2D eigenvalue weighted by Crippen LogP contribution is -2.30. The van der Waals surface area contributed by atoms with Gasteiger partial charge in [0.25, 0.3) is 11.7 Å². The third kappa shape index (κ3) is 3.50. The van der Waals surface area contributed by atoms with E-state index in [-0.39, 0.29) is 11.3 Å². The Kier molecular flexibility index (Phi) is 5.32. The van der Waals surface area contributed by atoms with Crippen LogP contribution in [0.2, 0.25) is 0 Å². The average molecular weight is 456 g/mol. The Bertz CT molecular complexity index is 1330. The number of aliphatic hydroxyl groups excluding tert-OH is 1. The molecule has 1 unspecified atom stereocenters. The van der Waals surface area contributed by atoms with E-state index >= 15 is 0 Å². The molecule has 7 nitrogen and oxygen atoms in total. The summed E-state index contributed by atoms with van der Waals surface area (Å²) in [5.41, 5.74) is 4.40. The number of carbonyl (C=O) groups excluding carboxylic acids is 2. The lowest BCUT2D eigenvalue weighted by atomic mass is 9.95. The molecule has 0 spiro atoms. The molecule has 1 fully saturated rings. The molecule has 2 aromatic carbocycles. The van der Waals surface area contributed by atoms with Crippen molar-refractivity contribution in [3.05, 3.63) is 88.8 Å². The Morgan fingerprint density at radius 3 is 2.68 bits per heavy atom. The van der Waals surface area contributed by atoms with E-state index in [1.165, 1.54) is 4.90 Å². The topological polar surface area (TPSA) is 83.0 Å². The first-order valence-electron chi connectivity index (χ1n) is 11.1. The molecule has 1 amide bonds. The molecule has 1 saturated heterocycles. The summed E-state index contributed by atoms with van der Waals surface area (Å²) in [4.78, 5) is 34.4. The minimum Gasteiger partial charge on any atom is -0.507 e. The number of hydrogen-bond acceptors (Lipinski definition) is 6. The van der Waals surface area contributed by atoms with Gasteiger partial charge in [0.05, 0.1) is 23.8 Å². The first-order valence-corrected chi connectivity index (χ1v) is 11.1. The summed E-state index contributed by atoms with van der Waals surface area (Å²) in [6.45, 7) is 5.12. The van der Waals surface area contributed by atoms with Gasteiger partial charge in [0.1, 0.15) is 18.1 Å². The number of pyridine rings is 1. The van der Waals surface area contributed by atoms with Crippen LogP contribution in [0.3, 0.4) is 0 Å². The van der Waals surface area contributed by atoms with E-state index in [1.54, 1.807) is 36.7 Å². The largest absolute Gasteiger partial charge is 0.507 e. The van der Waals surface area contributed by atoms with Gasteiger partial charge in [0.2, 0.25) is 0 Å². The van der Waals surface area contributed by atoms with Gasteiger partial charge >= 0.3 is 0 Å². The van der Waals surface area contributed by atoms with Crippen LogP contribution in [0.1, 0.15) is 28.3 Å². The number of ketones is 1. The summed E-state index contributed by atoms with van der Waals surface area (Å²) in [5, 5.41) is 11.4. The van der Waals surface area contributed by atoms with Crippen LogP contribution in [0, 0.1) is 13.8 Å². The van der Waals surface area contributed by atoms with Crippen LogP contribution in [0.4, 0.5) is 11.4 Å². The summed E-state index contributed by atoms with van der Waals surface area (Å²) < 4.78 is 5.71. The first kappa shape index (κ1) is 21.7. The highest BCUT2D eigenvalue weighted by Crippen LogP contribution is 2.44. The van der Waals surface area contributed by atoms with Crippen LogP contribution in [-0.2, 0) is 9.59 Å². The number of aryl methyl sites for hydroxylation is 2. The minimum atomic E-state index is -0.806. The number of nitrogens with zero attached hydrogens (tertiary/aromatic N) is 3. The number of aromatic nitrogens is 1. The van der Waals surface area contributed by atoms with E-state index in [2.05, 4.69) is 4.98 Å². The van der Waals surface area contributed by atoms with E-state index in [1.807, 2.05) is 50.1 Å². The summed E-state index contributed by atoms with van der Waals surface area (Å²) in [6, 6.07) is 13.8. The van der Waals surface area contributed by atoms with Crippen LogP contribution in [-0.4, -0.2) is 42.0 Å². The fraction of sp³-hybridized carbons (Fsp3) is 0.222. The smallest absolute Gasteiger partial charge is 0.300 e. The van der Waals surface area contributed by atoms with Gasteiger partial charge in [-0.1, -0.05) is 18.2 Å². The van der Waals surface area contributed by atoms with Crippen molar-refractivity contribution in [2.24, 2.45) is 0 Å². The first-order chi connectivity index (χ1) is 16.4. The Balaban J connectivity index is 1.72. The second kappa shape index (κ2) is 8.33. The number of aliphatic hydroxyl groups is 1. The van der Waals surface area contributed by atoms with Crippen LogP contribution < -0.4 is 14.5 Å². The van der Waals surface area contributed by atoms with Crippen molar-refractivity contribution in [2.45, 2.75) is 19.9 Å². The molecule has 0 bridgehead atoms. The van der Waals surface area contributed by atoms with Gasteiger partial charge in [-0.2, -0.15) is 0 Å². The van der Waals surface area contributed by atoms with Gasteiger partial charge in [0, 0.05) is 30.7 Å². The zero-order valence-corrected chi connectivity index (χ0v) is 19.3. The zero-order chi connectivity index (χ0) is 24.0. The van der Waals surface area contributed by atoms with Crippen LogP contribution in [0.5, 0.6) is 5.75 Å². The second-order valence-electron chi connectivity index (χ2n) is 8.70. The maximum absolute atomic E-state index is 13.4. The number of amides is 1. The monoisotopic (exact) mass is 455 g/mol.